The van der Waals surface area contributed by atoms with Gasteiger partial charge in [-0.05, 0) is 12.1 Å². The van der Waals surface area contributed by atoms with Crippen molar-refractivity contribution in [2.75, 3.05) is 6.61 Å². The molecular weight excluding hydrogens is 199 g/mol. The van der Waals surface area contributed by atoms with Gasteiger partial charge in [0, 0.05) is 44.6 Å². The third-order valence-corrected chi connectivity index (χ3v) is 1.55. The molecule has 1 aliphatic heterocycles. The molecule has 0 fully saturated rings. The Labute approximate surface area is 97.8 Å². The van der Waals surface area contributed by atoms with Crippen LogP contribution in [0.5, 0.6) is 5.75 Å². The van der Waals surface area contributed by atoms with E-state index in [9.17, 15) is 0 Å². The van der Waals surface area contributed by atoms with Gasteiger partial charge >= 0.3 is 0 Å². The van der Waals surface area contributed by atoms with E-state index in [2.05, 4.69) is 6.08 Å². The fourth-order valence-electron chi connectivity index (χ4n) is 1.06. The third kappa shape index (κ3) is 2.50. The number of benzene rings is 1. The number of para-hydroxylation sites is 1. The predicted molar refractivity (Wildman–Crippen MR) is 46.7 cm³/mol. The molecule has 0 unspecified atom stereocenters. The standard InChI is InChI=1S/C9H8O.Al.Ti/c1-2-6-9-8(4-1)5-3-7-10-9;;/h1-6H,7H2;;. The molecule has 0 saturated carbocycles. The summed E-state index contributed by atoms with van der Waals surface area (Å²) >= 11 is 0. The van der Waals surface area contributed by atoms with Crippen LogP contribution in [0.15, 0.2) is 30.3 Å². The van der Waals surface area contributed by atoms with Gasteiger partial charge in [0.2, 0.25) is 0 Å². The van der Waals surface area contributed by atoms with Crippen molar-refractivity contribution < 1.29 is 26.5 Å². The van der Waals surface area contributed by atoms with Gasteiger partial charge in [0.15, 0.2) is 0 Å². The number of hydrogen-bond donors (Lipinski definition) is 0. The van der Waals surface area contributed by atoms with E-state index in [0.717, 1.165) is 5.75 Å². The van der Waals surface area contributed by atoms with Crippen LogP contribution in [0.3, 0.4) is 0 Å². The summed E-state index contributed by atoms with van der Waals surface area (Å²) in [5.74, 6) is 0.991. The van der Waals surface area contributed by atoms with E-state index in [1.807, 2.05) is 30.3 Å². The molecule has 1 heterocycles. The van der Waals surface area contributed by atoms with Crippen LogP contribution >= 0.6 is 0 Å². The molecule has 0 N–H and O–H groups in total. The van der Waals surface area contributed by atoms with Crippen molar-refractivity contribution in [3.05, 3.63) is 35.9 Å². The summed E-state index contributed by atoms with van der Waals surface area (Å²) in [4.78, 5) is 0. The molecule has 0 bridgehead atoms. The van der Waals surface area contributed by atoms with Gasteiger partial charge in [-0.15, -0.1) is 0 Å². The topological polar surface area (TPSA) is 9.23 Å². The summed E-state index contributed by atoms with van der Waals surface area (Å²) in [7, 11) is 0. The summed E-state index contributed by atoms with van der Waals surface area (Å²) in [6.07, 6.45) is 4.10. The Balaban J connectivity index is 0.000000605. The van der Waals surface area contributed by atoms with Gasteiger partial charge in [-0.1, -0.05) is 24.3 Å². The Hall–Kier alpha value is 0.00675. The molecule has 0 spiro atoms. The van der Waals surface area contributed by atoms with Gasteiger partial charge in [0.05, 0.1) is 0 Å². The summed E-state index contributed by atoms with van der Waals surface area (Å²) in [6, 6.07) is 8.03. The summed E-state index contributed by atoms with van der Waals surface area (Å²) in [5.41, 5.74) is 1.17. The molecule has 57 valence electrons. The molecule has 1 aromatic rings. The van der Waals surface area contributed by atoms with Crippen molar-refractivity contribution in [3.63, 3.8) is 0 Å². The van der Waals surface area contributed by atoms with Crippen LogP contribution in [0.1, 0.15) is 5.56 Å². The Morgan fingerprint density at radius 2 is 1.92 bits per heavy atom. The van der Waals surface area contributed by atoms with Crippen LogP contribution in [-0.4, -0.2) is 24.0 Å². The molecule has 0 saturated heterocycles. The monoisotopic (exact) mass is 207 g/mol. The van der Waals surface area contributed by atoms with Gasteiger partial charge in [-0.2, -0.15) is 0 Å². The minimum Gasteiger partial charge on any atom is -0.489 e. The molecule has 12 heavy (non-hydrogen) atoms. The first-order valence-corrected chi connectivity index (χ1v) is 3.35. The zero-order chi connectivity index (χ0) is 6.81. The molecule has 3 heteroatoms. The van der Waals surface area contributed by atoms with E-state index in [1.165, 1.54) is 5.56 Å². The maximum absolute atomic E-state index is 5.34. The number of fused-ring (bicyclic) bond motifs is 1. The van der Waals surface area contributed by atoms with E-state index in [4.69, 9.17) is 4.74 Å². The van der Waals surface area contributed by atoms with Gasteiger partial charge in [0.25, 0.3) is 0 Å². The molecule has 0 aromatic heterocycles. The van der Waals surface area contributed by atoms with Crippen LogP contribution in [0, 0.1) is 0 Å². The van der Waals surface area contributed by atoms with Gasteiger partial charge < -0.3 is 4.74 Å². The van der Waals surface area contributed by atoms with Crippen molar-refractivity contribution >= 4 is 23.4 Å². The SMILES string of the molecule is C1=Cc2ccccc2OC1.[Al].[Ti]. The largest absolute Gasteiger partial charge is 0.489 e. The van der Waals surface area contributed by atoms with Gasteiger partial charge in [-0.3, -0.25) is 0 Å². The van der Waals surface area contributed by atoms with E-state index in [0.29, 0.717) is 6.61 Å². The molecule has 1 aliphatic rings. The Morgan fingerprint density at radius 3 is 2.67 bits per heavy atom. The van der Waals surface area contributed by atoms with Gasteiger partial charge in [0.1, 0.15) is 12.4 Å². The summed E-state index contributed by atoms with van der Waals surface area (Å²) < 4.78 is 5.34. The third-order valence-electron chi connectivity index (χ3n) is 1.55. The second-order valence-electron chi connectivity index (χ2n) is 2.25. The Kier molecular flexibility index (Phi) is 5.62. The fourth-order valence-corrected chi connectivity index (χ4v) is 1.06. The van der Waals surface area contributed by atoms with Gasteiger partial charge in [-0.25, -0.2) is 0 Å². The smallest absolute Gasteiger partial charge is 0.126 e. The van der Waals surface area contributed by atoms with Crippen molar-refractivity contribution in [3.8, 4) is 5.75 Å². The van der Waals surface area contributed by atoms with Crippen LogP contribution in [0.4, 0.5) is 0 Å². The fraction of sp³-hybridized carbons (Fsp3) is 0.111. The number of rotatable bonds is 0. The molecular formula is C9H8AlOTi. The van der Waals surface area contributed by atoms with Crippen LogP contribution in [-0.2, 0) is 21.7 Å². The molecule has 2 rings (SSSR count). The molecule has 3 radical (unpaired) electrons. The minimum absolute atomic E-state index is 0. The van der Waals surface area contributed by atoms with E-state index in [1.54, 1.807) is 0 Å². The second-order valence-corrected chi connectivity index (χ2v) is 2.25. The van der Waals surface area contributed by atoms with Crippen molar-refractivity contribution in [1.82, 2.24) is 0 Å². The Morgan fingerprint density at radius 1 is 1.17 bits per heavy atom. The molecule has 0 aliphatic carbocycles. The van der Waals surface area contributed by atoms with E-state index >= 15 is 0 Å². The summed E-state index contributed by atoms with van der Waals surface area (Å²) in [6.45, 7) is 0.705. The first kappa shape index (κ1) is 12.0. The van der Waals surface area contributed by atoms with E-state index < -0.39 is 0 Å². The molecule has 1 nitrogen and oxygen atoms in total. The first-order valence-electron chi connectivity index (χ1n) is 3.35. The average Bonchev–Trinajstić information content (AvgIpc) is 2.05. The van der Waals surface area contributed by atoms with Crippen molar-refractivity contribution in [1.29, 1.82) is 0 Å². The predicted octanol–water partition coefficient (Wildman–Crippen LogP) is 1.71. The zero-order valence-electron chi connectivity index (χ0n) is 6.66. The van der Waals surface area contributed by atoms with E-state index in [-0.39, 0.29) is 39.1 Å². The van der Waals surface area contributed by atoms with Crippen LogP contribution in [0.2, 0.25) is 0 Å². The zero-order valence-corrected chi connectivity index (χ0v) is 9.37. The molecule has 0 atom stereocenters. The number of ether oxygens (including phenoxy) is 1. The van der Waals surface area contributed by atoms with Crippen molar-refractivity contribution in [2.24, 2.45) is 0 Å². The van der Waals surface area contributed by atoms with Crippen molar-refractivity contribution in [2.45, 2.75) is 0 Å². The maximum atomic E-state index is 5.34. The summed E-state index contributed by atoms with van der Waals surface area (Å²) in [5, 5.41) is 0. The number of hydrogen-bond acceptors (Lipinski definition) is 1. The molecule has 0 amide bonds. The average molecular weight is 207 g/mol. The second kappa shape index (κ2) is 5.62. The maximum Gasteiger partial charge on any atom is 0.126 e. The first-order chi connectivity index (χ1) is 4.97. The normalized spacial score (nSPS) is 11.7. The van der Waals surface area contributed by atoms with Crippen LogP contribution in [0.25, 0.3) is 6.08 Å². The van der Waals surface area contributed by atoms with Crippen LogP contribution < -0.4 is 4.74 Å². The molecule has 1 aromatic carbocycles. The minimum atomic E-state index is 0. The Bertz CT molecular complexity index is 273. The quantitative estimate of drug-likeness (QED) is 0.588.